The minimum absolute atomic E-state index is 0.0144. The Morgan fingerprint density at radius 3 is 2.91 bits per heavy atom. The van der Waals surface area contributed by atoms with Crippen LogP contribution in [0, 0.1) is 12.8 Å². The molecule has 1 N–H and O–H groups in total. The van der Waals surface area contributed by atoms with Gasteiger partial charge >= 0.3 is 0 Å². The first kappa shape index (κ1) is 16.8. The van der Waals surface area contributed by atoms with Crippen molar-refractivity contribution in [2.45, 2.75) is 46.1 Å². The number of aryl methyl sites for hydroxylation is 1. The molecule has 1 atom stereocenters. The van der Waals surface area contributed by atoms with E-state index >= 15 is 0 Å². The number of nitrogens with one attached hydrogen (secondary N) is 1. The highest BCUT2D eigenvalue weighted by Gasteiger charge is 2.30. The first-order valence-corrected chi connectivity index (χ1v) is 8.14. The van der Waals surface area contributed by atoms with Gasteiger partial charge in [-0.25, -0.2) is 0 Å². The lowest BCUT2D eigenvalue weighted by Gasteiger charge is -2.43. The predicted octanol–water partition coefficient (Wildman–Crippen LogP) is 3.23. The molecule has 1 unspecified atom stereocenters. The number of piperidine rings is 1. The summed E-state index contributed by atoms with van der Waals surface area (Å²) in [5.41, 5.74) is -0.0144. The van der Waals surface area contributed by atoms with Crippen molar-refractivity contribution < 1.29 is 9.21 Å². The van der Waals surface area contributed by atoms with Gasteiger partial charge in [0, 0.05) is 24.7 Å². The fourth-order valence-electron chi connectivity index (χ4n) is 2.91. The van der Waals surface area contributed by atoms with Crippen LogP contribution in [-0.4, -0.2) is 36.0 Å². The molecule has 1 fully saturated rings. The smallest absolute Gasteiger partial charge is 0.244 e. The number of hydrogen-bond donors (Lipinski definition) is 1. The summed E-state index contributed by atoms with van der Waals surface area (Å²) in [5, 5.41) is 3.00. The highest BCUT2D eigenvalue weighted by molar-refractivity contribution is 5.91. The Kier molecular flexibility index (Phi) is 5.46. The summed E-state index contributed by atoms with van der Waals surface area (Å²) in [6, 6.07) is 3.75. The van der Waals surface area contributed by atoms with Crippen LogP contribution in [0.25, 0.3) is 6.08 Å². The normalized spacial score (nSPS) is 20.5. The minimum Gasteiger partial charge on any atom is -0.462 e. The van der Waals surface area contributed by atoms with Crippen molar-refractivity contribution in [1.82, 2.24) is 10.2 Å². The van der Waals surface area contributed by atoms with Gasteiger partial charge in [0.1, 0.15) is 11.5 Å². The standard InChI is InChI=1S/C18H28N2O2/c1-14-6-5-11-20(12-14)18(3,4)13-19-17(21)10-9-16-8-7-15(2)22-16/h7-10,14H,5-6,11-13H2,1-4H3,(H,19,21)/b10-9+. The van der Waals surface area contributed by atoms with Gasteiger partial charge < -0.3 is 9.73 Å². The van der Waals surface area contributed by atoms with Crippen molar-refractivity contribution in [3.05, 3.63) is 29.7 Å². The van der Waals surface area contributed by atoms with E-state index in [1.54, 1.807) is 6.08 Å². The highest BCUT2D eigenvalue weighted by Crippen LogP contribution is 2.23. The van der Waals surface area contributed by atoms with Gasteiger partial charge in [0.25, 0.3) is 0 Å². The Morgan fingerprint density at radius 2 is 2.27 bits per heavy atom. The minimum atomic E-state index is -0.0767. The number of likely N-dealkylation sites (tertiary alicyclic amines) is 1. The molecule has 0 aromatic carbocycles. The third-order valence-electron chi connectivity index (χ3n) is 4.37. The lowest BCUT2D eigenvalue weighted by atomic mass is 9.93. The monoisotopic (exact) mass is 304 g/mol. The molecule has 4 nitrogen and oxygen atoms in total. The van der Waals surface area contributed by atoms with Crippen LogP contribution in [0.5, 0.6) is 0 Å². The molecule has 0 spiro atoms. The van der Waals surface area contributed by atoms with Gasteiger partial charge in [-0.3, -0.25) is 9.69 Å². The number of amides is 1. The summed E-state index contributed by atoms with van der Waals surface area (Å²) in [4.78, 5) is 14.4. The molecule has 1 amide bonds. The van der Waals surface area contributed by atoms with Gasteiger partial charge in [-0.05, 0) is 64.3 Å². The summed E-state index contributed by atoms with van der Waals surface area (Å²) in [5.74, 6) is 2.22. The zero-order chi connectivity index (χ0) is 16.2. The van der Waals surface area contributed by atoms with Gasteiger partial charge in [0.05, 0.1) is 0 Å². The summed E-state index contributed by atoms with van der Waals surface area (Å²) in [7, 11) is 0. The lowest BCUT2D eigenvalue weighted by molar-refractivity contribution is -0.117. The van der Waals surface area contributed by atoms with E-state index in [2.05, 4.69) is 31.0 Å². The topological polar surface area (TPSA) is 45.5 Å². The number of rotatable bonds is 5. The first-order chi connectivity index (χ1) is 10.4. The molecule has 1 aliphatic rings. The quantitative estimate of drug-likeness (QED) is 0.850. The van der Waals surface area contributed by atoms with Crippen LogP contribution < -0.4 is 5.32 Å². The zero-order valence-electron chi connectivity index (χ0n) is 14.2. The summed E-state index contributed by atoms with van der Waals surface area (Å²) < 4.78 is 5.41. The van der Waals surface area contributed by atoms with E-state index in [9.17, 15) is 4.79 Å². The fraction of sp³-hybridized carbons (Fsp3) is 0.611. The van der Waals surface area contributed by atoms with Gasteiger partial charge in [-0.1, -0.05) is 6.92 Å². The Bertz CT molecular complexity index is 531. The average Bonchev–Trinajstić information content (AvgIpc) is 2.89. The Hall–Kier alpha value is -1.55. The van der Waals surface area contributed by atoms with Crippen LogP contribution in [-0.2, 0) is 4.79 Å². The molecule has 1 aromatic heterocycles. The lowest BCUT2D eigenvalue weighted by Crippen LogP contribution is -2.54. The van der Waals surface area contributed by atoms with Gasteiger partial charge in [0.15, 0.2) is 0 Å². The molecular weight excluding hydrogens is 276 g/mol. The van der Waals surface area contributed by atoms with E-state index in [-0.39, 0.29) is 11.4 Å². The molecule has 1 aliphatic heterocycles. The maximum Gasteiger partial charge on any atom is 0.244 e. The zero-order valence-corrected chi connectivity index (χ0v) is 14.2. The Balaban J connectivity index is 1.82. The summed E-state index contributed by atoms with van der Waals surface area (Å²) in [6.45, 7) is 11.5. The third kappa shape index (κ3) is 4.73. The number of nitrogens with zero attached hydrogens (tertiary/aromatic N) is 1. The number of carbonyl (C=O) groups excluding carboxylic acids is 1. The van der Waals surface area contributed by atoms with Crippen molar-refractivity contribution in [1.29, 1.82) is 0 Å². The molecule has 0 aliphatic carbocycles. The number of furan rings is 1. The van der Waals surface area contributed by atoms with Crippen LogP contribution in [0.4, 0.5) is 0 Å². The third-order valence-corrected chi connectivity index (χ3v) is 4.37. The second kappa shape index (κ2) is 7.14. The van der Waals surface area contributed by atoms with E-state index in [0.717, 1.165) is 24.8 Å². The molecule has 0 saturated carbocycles. The second-order valence-corrected chi connectivity index (χ2v) is 7.01. The second-order valence-electron chi connectivity index (χ2n) is 7.01. The molecule has 2 rings (SSSR count). The Morgan fingerprint density at radius 1 is 1.50 bits per heavy atom. The van der Waals surface area contributed by atoms with Crippen LogP contribution in [0.2, 0.25) is 0 Å². The van der Waals surface area contributed by atoms with Gasteiger partial charge in [-0.15, -0.1) is 0 Å². The maximum absolute atomic E-state index is 12.0. The highest BCUT2D eigenvalue weighted by atomic mass is 16.3. The van der Waals surface area contributed by atoms with Crippen molar-refractivity contribution in [2.24, 2.45) is 5.92 Å². The van der Waals surface area contributed by atoms with E-state index in [4.69, 9.17) is 4.42 Å². The van der Waals surface area contributed by atoms with Gasteiger partial charge in [-0.2, -0.15) is 0 Å². The van der Waals surface area contributed by atoms with Crippen molar-refractivity contribution >= 4 is 12.0 Å². The van der Waals surface area contributed by atoms with Crippen LogP contribution in [0.1, 0.15) is 45.1 Å². The SMILES string of the molecule is Cc1ccc(/C=C/C(=O)NCC(C)(C)N2CCCC(C)C2)o1. The molecule has 1 saturated heterocycles. The van der Waals surface area contributed by atoms with Crippen LogP contribution in [0.15, 0.2) is 22.6 Å². The van der Waals surface area contributed by atoms with Gasteiger partial charge in [0.2, 0.25) is 5.91 Å². The molecule has 4 heteroatoms. The van der Waals surface area contributed by atoms with Crippen molar-refractivity contribution in [3.8, 4) is 0 Å². The Labute approximate surface area is 133 Å². The number of hydrogen-bond acceptors (Lipinski definition) is 3. The number of carbonyl (C=O) groups is 1. The van der Waals surface area contributed by atoms with Crippen molar-refractivity contribution in [3.63, 3.8) is 0 Å². The molecule has 22 heavy (non-hydrogen) atoms. The van der Waals surface area contributed by atoms with E-state index in [0.29, 0.717) is 12.3 Å². The van der Waals surface area contributed by atoms with Crippen LogP contribution >= 0.6 is 0 Å². The fourth-order valence-corrected chi connectivity index (χ4v) is 2.91. The summed E-state index contributed by atoms with van der Waals surface area (Å²) in [6.07, 6.45) is 5.80. The van der Waals surface area contributed by atoms with E-state index in [1.807, 2.05) is 19.1 Å². The van der Waals surface area contributed by atoms with E-state index < -0.39 is 0 Å². The molecular formula is C18H28N2O2. The van der Waals surface area contributed by atoms with E-state index in [1.165, 1.54) is 18.9 Å². The summed E-state index contributed by atoms with van der Waals surface area (Å²) >= 11 is 0. The van der Waals surface area contributed by atoms with Crippen LogP contribution in [0.3, 0.4) is 0 Å². The maximum atomic E-state index is 12.0. The molecule has 2 heterocycles. The predicted molar refractivity (Wildman–Crippen MR) is 89.5 cm³/mol. The molecule has 0 radical (unpaired) electrons. The van der Waals surface area contributed by atoms with Crippen molar-refractivity contribution in [2.75, 3.05) is 19.6 Å². The molecule has 0 bridgehead atoms. The average molecular weight is 304 g/mol. The molecule has 122 valence electrons. The molecule has 1 aromatic rings. The first-order valence-electron chi connectivity index (χ1n) is 8.14. The largest absolute Gasteiger partial charge is 0.462 e.